The zero-order valence-electron chi connectivity index (χ0n) is 11.2. The molecular weight excluding hydrogens is 265 g/mol. The average Bonchev–Trinajstić information content (AvgIpc) is 2.43. The minimum absolute atomic E-state index is 0.0778. The van der Waals surface area contributed by atoms with E-state index in [-0.39, 0.29) is 5.92 Å². The normalized spacial score (nSPS) is 30.1. The van der Waals surface area contributed by atoms with Gasteiger partial charge in [-0.15, -0.1) is 0 Å². The smallest absolute Gasteiger partial charge is 0.194 e. The van der Waals surface area contributed by atoms with E-state index in [4.69, 9.17) is 0 Å². The van der Waals surface area contributed by atoms with Crippen LogP contribution in [0.5, 0.6) is 0 Å². The molecule has 0 heterocycles. The molecule has 0 amide bonds. The van der Waals surface area contributed by atoms with E-state index in [0.29, 0.717) is 36.0 Å². The first-order valence-corrected chi connectivity index (χ1v) is 7.20. The predicted molar refractivity (Wildman–Crippen MR) is 68.7 cm³/mol. The third-order valence-electron chi connectivity index (χ3n) is 4.90. The number of halogens is 3. The maximum Gasteiger partial charge on any atom is 0.194 e. The van der Waals surface area contributed by atoms with Crippen molar-refractivity contribution in [3.05, 3.63) is 35.1 Å². The van der Waals surface area contributed by atoms with E-state index < -0.39 is 17.5 Å². The fourth-order valence-electron chi connectivity index (χ4n) is 3.80. The lowest BCUT2D eigenvalue weighted by Crippen LogP contribution is -2.30. The van der Waals surface area contributed by atoms with Crippen molar-refractivity contribution in [2.45, 2.75) is 44.4 Å². The lowest BCUT2D eigenvalue weighted by atomic mass is 9.66. The molecule has 2 fully saturated rings. The molecule has 4 heteroatoms. The minimum Gasteiger partial charge on any atom is -0.300 e. The Morgan fingerprint density at radius 2 is 1.65 bits per heavy atom. The van der Waals surface area contributed by atoms with E-state index in [1.165, 1.54) is 0 Å². The Balaban J connectivity index is 1.78. The monoisotopic (exact) mass is 282 g/mol. The van der Waals surface area contributed by atoms with Crippen molar-refractivity contribution in [1.29, 1.82) is 0 Å². The SMILES string of the molecule is O=C1CCC2CC(c3cc(F)c(F)c(F)c3)CCC2C1. The highest BCUT2D eigenvalue weighted by atomic mass is 19.2. The number of ketones is 1. The van der Waals surface area contributed by atoms with Gasteiger partial charge in [-0.25, -0.2) is 13.2 Å². The number of hydrogen-bond acceptors (Lipinski definition) is 1. The molecule has 1 aromatic rings. The fraction of sp³-hybridized carbons (Fsp3) is 0.562. The number of fused-ring (bicyclic) bond motifs is 1. The van der Waals surface area contributed by atoms with E-state index in [1.54, 1.807) is 0 Å². The van der Waals surface area contributed by atoms with Crippen molar-refractivity contribution in [3.8, 4) is 0 Å². The van der Waals surface area contributed by atoms with Crippen LogP contribution in [0.4, 0.5) is 13.2 Å². The van der Waals surface area contributed by atoms with Crippen molar-refractivity contribution >= 4 is 5.78 Å². The van der Waals surface area contributed by atoms with Crippen LogP contribution in [0.1, 0.15) is 50.0 Å². The van der Waals surface area contributed by atoms with Crippen molar-refractivity contribution in [2.24, 2.45) is 11.8 Å². The number of benzene rings is 1. The highest BCUT2D eigenvalue weighted by Gasteiger charge is 2.35. The zero-order chi connectivity index (χ0) is 14.3. The van der Waals surface area contributed by atoms with Gasteiger partial charge in [0.15, 0.2) is 17.5 Å². The molecule has 0 spiro atoms. The molecule has 2 aliphatic rings. The molecule has 2 saturated carbocycles. The topological polar surface area (TPSA) is 17.1 Å². The molecule has 0 aliphatic heterocycles. The summed E-state index contributed by atoms with van der Waals surface area (Å²) in [5.41, 5.74) is 0.553. The fourth-order valence-corrected chi connectivity index (χ4v) is 3.80. The molecule has 0 N–H and O–H groups in total. The molecule has 3 rings (SSSR count). The van der Waals surface area contributed by atoms with Crippen molar-refractivity contribution in [2.75, 3.05) is 0 Å². The molecule has 0 bridgehead atoms. The first-order valence-electron chi connectivity index (χ1n) is 7.20. The van der Waals surface area contributed by atoms with Gasteiger partial charge < -0.3 is 0 Å². The summed E-state index contributed by atoms with van der Waals surface area (Å²) in [6, 6.07) is 2.24. The van der Waals surface area contributed by atoms with Gasteiger partial charge in [0.25, 0.3) is 0 Å². The van der Waals surface area contributed by atoms with Gasteiger partial charge in [0.2, 0.25) is 0 Å². The Hall–Kier alpha value is -1.32. The standard InChI is InChI=1S/C16H17F3O/c17-14-7-12(8-15(18)16(14)19)10-1-2-11-6-13(20)4-3-9(11)5-10/h7-11H,1-6H2. The summed E-state index contributed by atoms with van der Waals surface area (Å²) in [6.45, 7) is 0. The molecule has 1 nitrogen and oxygen atoms in total. The van der Waals surface area contributed by atoms with Crippen LogP contribution in [0.2, 0.25) is 0 Å². The summed E-state index contributed by atoms with van der Waals surface area (Å²) in [7, 11) is 0. The Labute approximate surface area is 116 Å². The second-order valence-corrected chi connectivity index (χ2v) is 6.11. The molecule has 2 aliphatic carbocycles. The highest BCUT2D eigenvalue weighted by Crippen LogP contribution is 2.45. The Morgan fingerprint density at radius 1 is 0.950 bits per heavy atom. The maximum absolute atomic E-state index is 13.3. The maximum atomic E-state index is 13.3. The van der Waals surface area contributed by atoms with Gasteiger partial charge >= 0.3 is 0 Å². The van der Waals surface area contributed by atoms with Crippen LogP contribution < -0.4 is 0 Å². The third kappa shape index (κ3) is 2.48. The van der Waals surface area contributed by atoms with Crippen LogP contribution in [0.3, 0.4) is 0 Å². The van der Waals surface area contributed by atoms with Crippen LogP contribution in [-0.2, 0) is 4.79 Å². The Bertz CT molecular complexity index is 518. The molecule has 0 radical (unpaired) electrons. The van der Waals surface area contributed by atoms with Gasteiger partial charge in [-0.3, -0.25) is 4.79 Å². The molecule has 3 atom stereocenters. The van der Waals surface area contributed by atoms with Gasteiger partial charge in [0, 0.05) is 12.8 Å². The molecule has 1 aromatic carbocycles. The summed E-state index contributed by atoms with van der Waals surface area (Å²) >= 11 is 0. The summed E-state index contributed by atoms with van der Waals surface area (Å²) in [5, 5.41) is 0. The van der Waals surface area contributed by atoms with Gasteiger partial charge in [-0.1, -0.05) is 0 Å². The third-order valence-corrected chi connectivity index (χ3v) is 4.90. The van der Waals surface area contributed by atoms with Gasteiger partial charge in [-0.05, 0) is 61.1 Å². The van der Waals surface area contributed by atoms with Crippen LogP contribution in [0.25, 0.3) is 0 Å². The van der Waals surface area contributed by atoms with E-state index in [0.717, 1.165) is 37.8 Å². The summed E-state index contributed by atoms with van der Waals surface area (Å²) < 4.78 is 39.6. The summed E-state index contributed by atoms with van der Waals surface area (Å²) in [4.78, 5) is 11.5. The predicted octanol–water partition coefficient (Wildman–Crippen LogP) is 4.36. The number of carbonyl (C=O) groups excluding carboxylic acids is 1. The van der Waals surface area contributed by atoms with Crippen LogP contribution in [0.15, 0.2) is 12.1 Å². The number of rotatable bonds is 1. The van der Waals surface area contributed by atoms with Crippen molar-refractivity contribution in [3.63, 3.8) is 0 Å². The number of Topliss-reactive ketones (excluding diaryl/α,β-unsaturated/α-hetero) is 1. The first kappa shape index (κ1) is 13.7. The van der Waals surface area contributed by atoms with Crippen LogP contribution in [-0.4, -0.2) is 5.78 Å². The van der Waals surface area contributed by atoms with E-state index in [2.05, 4.69) is 0 Å². The van der Waals surface area contributed by atoms with E-state index >= 15 is 0 Å². The van der Waals surface area contributed by atoms with E-state index in [1.807, 2.05) is 0 Å². The summed E-state index contributed by atoms with van der Waals surface area (Å²) in [5.74, 6) is -2.31. The lowest BCUT2D eigenvalue weighted by molar-refractivity contribution is -0.123. The second-order valence-electron chi connectivity index (χ2n) is 6.11. The molecule has 20 heavy (non-hydrogen) atoms. The van der Waals surface area contributed by atoms with Gasteiger partial charge in [0.05, 0.1) is 0 Å². The Kier molecular flexibility index (Phi) is 3.57. The first-order chi connectivity index (χ1) is 9.54. The Morgan fingerprint density at radius 3 is 2.35 bits per heavy atom. The zero-order valence-corrected chi connectivity index (χ0v) is 11.2. The largest absolute Gasteiger partial charge is 0.300 e. The van der Waals surface area contributed by atoms with Crippen LogP contribution >= 0.6 is 0 Å². The average molecular weight is 282 g/mol. The lowest BCUT2D eigenvalue weighted by Gasteiger charge is -2.39. The van der Waals surface area contributed by atoms with E-state index in [9.17, 15) is 18.0 Å². The van der Waals surface area contributed by atoms with Crippen LogP contribution in [0, 0.1) is 29.3 Å². The molecule has 0 saturated heterocycles. The summed E-state index contributed by atoms with van der Waals surface area (Å²) in [6.07, 6.45) is 4.75. The molecular formula is C16H17F3O. The molecule has 3 unspecified atom stereocenters. The molecule has 108 valence electrons. The van der Waals surface area contributed by atoms with Gasteiger partial charge in [0.1, 0.15) is 5.78 Å². The second kappa shape index (κ2) is 5.23. The number of hydrogen-bond donors (Lipinski definition) is 0. The number of carbonyl (C=O) groups is 1. The minimum atomic E-state index is -1.40. The molecule has 0 aromatic heterocycles. The van der Waals surface area contributed by atoms with Crippen molar-refractivity contribution < 1.29 is 18.0 Å². The highest BCUT2D eigenvalue weighted by molar-refractivity contribution is 5.79. The quantitative estimate of drug-likeness (QED) is 0.700. The van der Waals surface area contributed by atoms with Gasteiger partial charge in [-0.2, -0.15) is 0 Å². The van der Waals surface area contributed by atoms with Crippen molar-refractivity contribution in [1.82, 2.24) is 0 Å².